The molecular weight excluding hydrogens is 268 g/mol. The van der Waals surface area contributed by atoms with E-state index in [0.717, 1.165) is 5.41 Å². The molecule has 0 spiro atoms. The van der Waals surface area contributed by atoms with Crippen molar-refractivity contribution in [2.24, 2.45) is 11.4 Å². The molecule has 1 aliphatic rings. The van der Waals surface area contributed by atoms with Gasteiger partial charge in [0, 0.05) is 19.7 Å². The standard InChI is InChI=1S/C10H10N6O2S/c1-16-10-8(9(11)12-5-13-10)7(15-16)2-6-3-14-19(17,18)4-6/h3-5H,2H2,1H3,(H2,11,12,13). The first kappa shape index (κ1) is 11.8. The Morgan fingerprint density at radius 1 is 1.37 bits per heavy atom. The van der Waals surface area contributed by atoms with Crippen molar-refractivity contribution in [3.8, 4) is 0 Å². The van der Waals surface area contributed by atoms with Gasteiger partial charge in [0.05, 0.1) is 16.5 Å². The van der Waals surface area contributed by atoms with E-state index in [2.05, 4.69) is 19.5 Å². The molecule has 0 saturated carbocycles. The van der Waals surface area contributed by atoms with E-state index in [9.17, 15) is 8.42 Å². The minimum absolute atomic E-state index is 0.317. The molecule has 0 aromatic carbocycles. The molecule has 98 valence electrons. The summed E-state index contributed by atoms with van der Waals surface area (Å²) in [7, 11) is -1.72. The summed E-state index contributed by atoms with van der Waals surface area (Å²) in [5.41, 5.74) is 7.62. The van der Waals surface area contributed by atoms with E-state index in [4.69, 9.17) is 5.73 Å². The summed E-state index contributed by atoms with van der Waals surface area (Å²) in [6.07, 6.45) is 3.00. The quantitative estimate of drug-likeness (QED) is 0.812. The van der Waals surface area contributed by atoms with Crippen molar-refractivity contribution in [1.82, 2.24) is 19.7 Å². The van der Waals surface area contributed by atoms with Gasteiger partial charge in [0.2, 0.25) is 0 Å². The fourth-order valence-electron chi connectivity index (χ4n) is 1.99. The van der Waals surface area contributed by atoms with Gasteiger partial charge in [-0.3, -0.25) is 4.68 Å². The number of anilines is 1. The molecule has 0 aliphatic carbocycles. The van der Waals surface area contributed by atoms with Crippen LogP contribution in [0.15, 0.2) is 21.7 Å². The van der Waals surface area contributed by atoms with Crippen molar-refractivity contribution >= 4 is 33.1 Å². The van der Waals surface area contributed by atoms with Gasteiger partial charge >= 0.3 is 0 Å². The van der Waals surface area contributed by atoms with E-state index in [-0.39, 0.29) is 0 Å². The summed E-state index contributed by atoms with van der Waals surface area (Å²) in [4.78, 5) is 8.03. The van der Waals surface area contributed by atoms with Crippen LogP contribution in [0.5, 0.6) is 0 Å². The fourth-order valence-corrected chi connectivity index (χ4v) is 2.86. The maximum absolute atomic E-state index is 11.2. The van der Waals surface area contributed by atoms with Crippen molar-refractivity contribution in [2.45, 2.75) is 6.42 Å². The van der Waals surface area contributed by atoms with Crippen molar-refractivity contribution < 1.29 is 8.42 Å². The Morgan fingerprint density at radius 3 is 2.84 bits per heavy atom. The average molecular weight is 278 g/mol. The number of nitrogen functional groups attached to an aromatic ring is 1. The highest BCUT2D eigenvalue weighted by Crippen LogP contribution is 2.23. The van der Waals surface area contributed by atoms with Crippen molar-refractivity contribution in [3.63, 3.8) is 0 Å². The molecular formula is C10H10N6O2S. The van der Waals surface area contributed by atoms with E-state index in [0.29, 0.717) is 34.5 Å². The number of fused-ring (bicyclic) bond motifs is 1. The predicted octanol–water partition coefficient (Wildman–Crippen LogP) is -0.214. The van der Waals surface area contributed by atoms with Gasteiger partial charge in [0.1, 0.15) is 12.1 Å². The summed E-state index contributed by atoms with van der Waals surface area (Å²) < 4.78 is 27.4. The molecule has 2 aromatic rings. The summed E-state index contributed by atoms with van der Waals surface area (Å²) in [5.74, 6) is 0.325. The number of sulfonamides is 1. The van der Waals surface area contributed by atoms with Crippen LogP contribution in [-0.4, -0.2) is 34.4 Å². The molecule has 8 nitrogen and oxygen atoms in total. The summed E-state index contributed by atoms with van der Waals surface area (Å²) in [6.45, 7) is 0. The Kier molecular flexibility index (Phi) is 2.39. The second-order valence-corrected chi connectivity index (χ2v) is 5.62. The Labute approximate surface area is 108 Å². The Morgan fingerprint density at radius 2 is 2.16 bits per heavy atom. The molecule has 3 heterocycles. The van der Waals surface area contributed by atoms with Gasteiger partial charge in [-0.2, -0.15) is 17.9 Å². The Bertz CT molecular complexity index is 833. The summed E-state index contributed by atoms with van der Waals surface area (Å²) >= 11 is 0. The number of rotatable bonds is 2. The highest BCUT2D eigenvalue weighted by molar-refractivity contribution is 7.93. The first-order chi connectivity index (χ1) is 8.96. The highest BCUT2D eigenvalue weighted by atomic mass is 32.2. The molecule has 0 bridgehead atoms. The van der Waals surface area contributed by atoms with Crippen molar-refractivity contribution in [1.29, 1.82) is 0 Å². The van der Waals surface area contributed by atoms with Gasteiger partial charge in [0.25, 0.3) is 10.0 Å². The maximum atomic E-state index is 11.2. The van der Waals surface area contributed by atoms with E-state index in [1.165, 1.54) is 12.5 Å². The van der Waals surface area contributed by atoms with Crippen LogP contribution in [0, 0.1) is 0 Å². The third-order valence-electron chi connectivity index (χ3n) is 2.76. The second-order valence-electron chi connectivity index (χ2n) is 4.15. The number of nitrogens with two attached hydrogens (primary N) is 1. The lowest BCUT2D eigenvalue weighted by molar-refractivity contribution is 0.607. The molecule has 0 unspecified atom stereocenters. The number of nitrogens with zero attached hydrogens (tertiary/aromatic N) is 5. The number of allylic oxidation sites excluding steroid dienone is 1. The number of aromatic nitrogens is 4. The normalized spacial score (nSPS) is 17.0. The second kappa shape index (κ2) is 3.85. The first-order valence-electron chi connectivity index (χ1n) is 5.39. The summed E-state index contributed by atoms with van der Waals surface area (Å²) in [6, 6.07) is 0. The lowest BCUT2D eigenvalue weighted by atomic mass is 10.1. The van der Waals surface area contributed by atoms with Gasteiger partial charge in [-0.15, -0.1) is 0 Å². The molecule has 1 aliphatic heterocycles. The zero-order valence-electron chi connectivity index (χ0n) is 9.98. The van der Waals surface area contributed by atoms with Crippen LogP contribution in [0.4, 0.5) is 5.82 Å². The van der Waals surface area contributed by atoms with E-state index in [1.807, 2.05) is 0 Å². The third kappa shape index (κ3) is 1.97. The van der Waals surface area contributed by atoms with Gasteiger partial charge in [-0.25, -0.2) is 9.97 Å². The molecule has 0 radical (unpaired) electrons. The molecule has 2 aromatic heterocycles. The molecule has 0 amide bonds. The highest BCUT2D eigenvalue weighted by Gasteiger charge is 2.18. The van der Waals surface area contributed by atoms with Gasteiger partial charge in [-0.1, -0.05) is 0 Å². The van der Waals surface area contributed by atoms with Crippen molar-refractivity contribution in [2.75, 3.05) is 5.73 Å². The minimum atomic E-state index is -3.46. The third-order valence-corrected chi connectivity index (χ3v) is 3.76. The van der Waals surface area contributed by atoms with Crippen LogP contribution < -0.4 is 5.73 Å². The Hall–Kier alpha value is -2.29. The SMILES string of the molecule is Cn1nc(CC2=CS(=O)(=O)N=C2)c2c(N)ncnc21. The van der Waals surface area contributed by atoms with Crippen LogP contribution in [0.25, 0.3) is 11.0 Å². The molecule has 19 heavy (non-hydrogen) atoms. The molecule has 0 atom stereocenters. The van der Waals surface area contributed by atoms with E-state index >= 15 is 0 Å². The molecule has 0 fully saturated rings. The topological polar surface area (TPSA) is 116 Å². The van der Waals surface area contributed by atoms with Crippen LogP contribution in [0.1, 0.15) is 5.69 Å². The molecule has 0 saturated heterocycles. The predicted molar refractivity (Wildman–Crippen MR) is 69.9 cm³/mol. The lowest BCUT2D eigenvalue weighted by Crippen LogP contribution is -1.96. The zero-order chi connectivity index (χ0) is 13.6. The smallest absolute Gasteiger partial charge is 0.275 e. The van der Waals surface area contributed by atoms with Gasteiger partial charge < -0.3 is 5.73 Å². The molecule has 2 N–H and O–H groups in total. The summed E-state index contributed by atoms with van der Waals surface area (Å²) in [5, 5.41) is 6.06. The number of hydrogen-bond donors (Lipinski definition) is 1. The Balaban J connectivity index is 2.10. The minimum Gasteiger partial charge on any atom is -0.383 e. The first-order valence-corrected chi connectivity index (χ1v) is 6.89. The van der Waals surface area contributed by atoms with E-state index < -0.39 is 10.0 Å². The largest absolute Gasteiger partial charge is 0.383 e. The lowest BCUT2D eigenvalue weighted by Gasteiger charge is -1.97. The van der Waals surface area contributed by atoms with Gasteiger partial charge in [-0.05, 0) is 5.57 Å². The number of hydrogen-bond acceptors (Lipinski definition) is 6. The molecule has 9 heteroatoms. The van der Waals surface area contributed by atoms with Crippen molar-refractivity contribution in [3.05, 3.63) is 23.0 Å². The maximum Gasteiger partial charge on any atom is 0.275 e. The van der Waals surface area contributed by atoms with Crippen LogP contribution in [0.2, 0.25) is 0 Å². The van der Waals surface area contributed by atoms with E-state index in [1.54, 1.807) is 11.7 Å². The fraction of sp³-hybridized carbons (Fsp3) is 0.200. The monoisotopic (exact) mass is 278 g/mol. The number of aryl methyl sites for hydroxylation is 1. The van der Waals surface area contributed by atoms with Crippen LogP contribution in [0.3, 0.4) is 0 Å². The van der Waals surface area contributed by atoms with Crippen LogP contribution >= 0.6 is 0 Å². The molecule has 3 rings (SSSR count). The van der Waals surface area contributed by atoms with Gasteiger partial charge in [0.15, 0.2) is 5.65 Å². The zero-order valence-corrected chi connectivity index (χ0v) is 10.8. The van der Waals surface area contributed by atoms with Crippen LogP contribution in [-0.2, 0) is 23.5 Å². The average Bonchev–Trinajstić information content (AvgIpc) is 2.82.